The molecule has 0 amide bonds. The zero-order chi connectivity index (χ0) is 12.4. The molecule has 0 aliphatic heterocycles. The van der Waals surface area contributed by atoms with Crippen LogP contribution in [-0.2, 0) is 0 Å². The minimum Gasteiger partial charge on any atom is -0.207 e. The lowest BCUT2D eigenvalue weighted by Gasteiger charge is -2.11. The average molecular weight is 334 g/mol. The Labute approximate surface area is 117 Å². The molecule has 0 aromatic heterocycles. The molecule has 0 heterocycles. The topological polar surface area (TPSA) is 0 Å². The molecule has 1 atom stereocenters. The van der Waals surface area contributed by atoms with Gasteiger partial charge in [0.1, 0.15) is 5.82 Å². The van der Waals surface area contributed by atoms with Crippen molar-refractivity contribution >= 4 is 39.1 Å². The fraction of sp³-hybridized carbons (Fsp3) is 0.0769. The first-order valence-corrected chi connectivity index (χ1v) is 6.52. The summed E-state index contributed by atoms with van der Waals surface area (Å²) >= 11 is 15.3. The van der Waals surface area contributed by atoms with Crippen LogP contribution in [0.5, 0.6) is 0 Å². The van der Waals surface area contributed by atoms with Crippen molar-refractivity contribution in [3.8, 4) is 0 Å². The van der Waals surface area contributed by atoms with Crippen LogP contribution in [0.2, 0.25) is 5.02 Å². The van der Waals surface area contributed by atoms with Gasteiger partial charge in [0.25, 0.3) is 0 Å². The lowest BCUT2D eigenvalue weighted by molar-refractivity contribution is 0.625. The van der Waals surface area contributed by atoms with E-state index in [0.717, 1.165) is 5.56 Å². The van der Waals surface area contributed by atoms with Gasteiger partial charge in [-0.3, -0.25) is 0 Å². The van der Waals surface area contributed by atoms with Crippen molar-refractivity contribution in [3.63, 3.8) is 0 Å². The molecular formula is C13H8BrCl2F. The zero-order valence-electron chi connectivity index (χ0n) is 8.63. The van der Waals surface area contributed by atoms with Gasteiger partial charge in [-0.25, -0.2) is 4.39 Å². The Morgan fingerprint density at radius 1 is 1.00 bits per heavy atom. The first-order valence-electron chi connectivity index (χ1n) is 4.92. The number of alkyl halides is 1. The maximum atomic E-state index is 13.3. The molecule has 1 unspecified atom stereocenters. The minimum absolute atomic E-state index is 0.311. The largest absolute Gasteiger partial charge is 0.207 e. The zero-order valence-corrected chi connectivity index (χ0v) is 11.7. The van der Waals surface area contributed by atoms with Crippen molar-refractivity contribution in [2.75, 3.05) is 0 Å². The standard InChI is InChI=1S/C13H8BrCl2F/c14-10-5-9(6-12(17)7-10)13(16)8-1-3-11(15)4-2-8/h1-7,13H. The summed E-state index contributed by atoms with van der Waals surface area (Å²) in [6.07, 6.45) is 0. The minimum atomic E-state index is -0.390. The van der Waals surface area contributed by atoms with Gasteiger partial charge in [-0.05, 0) is 41.5 Å². The van der Waals surface area contributed by atoms with Gasteiger partial charge in [-0.15, -0.1) is 11.6 Å². The van der Waals surface area contributed by atoms with E-state index in [1.807, 2.05) is 12.1 Å². The molecule has 2 aromatic carbocycles. The molecule has 0 radical (unpaired) electrons. The Morgan fingerprint density at radius 3 is 2.24 bits per heavy atom. The van der Waals surface area contributed by atoms with E-state index in [9.17, 15) is 4.39 Å². The third-order valence-electron chi connectivity index (χ3n) is 2.34. The first-order chi connectivity index (χ1) is 8.06. The normalized spacial score (nSPS) is 12.5. The fourth-order valence-corrected chi connectivity index (χ4v) is 2.43. The monoisotopic (exact) mass is 332 g/mol. The summed E-state index contributed by atoms with van der Waals surface area (Å²) < 4.78 is 13.9. The van der Waals surface area contributed by atoms with Crippen molar-refractivity contribution in [1.82, 2.24) is 0 Å². The van der Waals surface area contributed by atoms with Crippen LogP contribution >= 0.6 is 39.1 Å². The molecule has 88 valence electrons. The third kappa shape index (κ3) is 3.21. The van der Waals surface area contributed by atoms with Gasteiger partial charge >= 0.3 is 0 Å². The second kappa shape index (κ2) is 5.38. The summed E-state index contributed by atoms with van der Waals surface area (Å²) in [5.74, 6) is -0.311. The van der Waals surface area contributed by atoms with Gasteiger partial charge in [0, 0.05) is 9.50 Å². The predicted molar refractivity (Wildman–Crippen MR) is 73.2 cm³/mol. The van der Waals surface area contributed by atoms with E-state index in [-0.39, 0.29) is 11.2 Å². The van der Waals surface area contributed by atoms with E-state index in [1.54, 1.807) is 18.2 Å². The highest BCUT2D eigenvalue weighted by Crippen LogP contribution is 2.31. The number of hydrogen-bond donors (Lipinski definition) is 0. The summed E-state index contributed by atoms with van der Waals surface area (Å²) in [5, 5.41) is 0.261. The molecule has 0 bridgehead atoms. The Kier molecular flexibility index (Phi) is 4.08. The second-order valence-electron chi connectivity index (χ2n) is 3.62. The van der Waals surface area contributed by atoms with Crippen molar-refractivity contribution in [1.29, 1.82) is 0 Å². The summed E-state index contributed by atoms with van der Waals surface area (Å²) in [6.45, 7) is 0. The highest BCUT2D eigenvalue weighted by Gasteiger charge is 2.12. The van der Waals surface area contributed by atoms with Crippen molar-refractivity contribution in [3.05, 3.63) is 68.9 Å². The molecule has 17 heavy (non-hydrogen) atoms. The number of rotatable bonds is 2. The van der Waals surface area contributed by atoms with Gasteiger partial charge in [0.2, 0.25) is 0 Å². The fourth-order valence-electron chi connectivity index (χ4n) is 1.55. The van der Waals surface area contributed by atoms with Crippen LogP contribution in [0.4, 0.5) is 4.39 Å². The smallest absolute Gasteiger partial charge is 0.124 e. The van der Waals surface area contributed by atoms with Crippen LogP contribution in [-0.4, -0.2) is 0 Å². The van der Waals surface area contributed by atoms with Crippen molar-refractivity contribution in [2.45, 2.75) is 5.38 Å². The van der Waals surface area contributed by atoms with Crippen molar-refractivity contribution < 1.29 is 4.39 Å². The number of hydrogen-bond acceptors (Lipinski definition) is 0. The Balaban J connectivity index is 2.36. The van der Waals surface area contributed by atoms with E-state index in [1.165, 1.54) is 12.1 Å². The summed E-state index contributed by atoms with van der Waals surface area (Å²) in [5.41, 5.74) is 1.59. The number of benzene rings is 2. The van der Waals surface area contributed by atoms with Gasteiger partial charge in [0.05, 0.1) is 5.38 Å². The average Bonchev–Trinajstić information content (AvgIpc) is 2.28. The molecule has 0 saturated heterocycles. The Hall–Kier alpha value is -0.570. The lowest BCUT2D eigenvalue weighted by Crippen LogP contribution is -1.94. The molecule has 0 fully saturated rings. The van der Waals surface area contributed by atoms with Crippen LogP contribution in [0.25, 0.3) is 0 Å². The molecule has 0 spiro atoms. The van der Waals surface area contributed by atoms with E-state index >= 15 is 0 Å². The molecule has 0 aliphatic rings. The van der Waals surface area contributed by atoms with Gasteiger partial charge in [-0.1, -0.05) is 39.7 Å². The van der Waals surface area contributed by atoms with Crippen LogP contribution < -0.4 is 0 Å². The SMILES string of the molecule is Fc1cc(Br)cc(C(Cl)c2ccc(Cl)cc2)c1. The van der Waals surface area contributed by atoms with Crippen molar-refractivity contribution in [2.24, 2.45) is 0 Å². The molecular weight excluding hydrogens is 326 g/mol. The van der Waals surface area contributed by atoms with Crippen LogP contribution in [0, 0.1) is 5.82 Å². The first kappa shape index (κ1) is 12.9. The van der Waals surface area contributed by atoms with Crippen LogP contribution in [0.15, 0.2) is 46.9 Å². The van der Waals surface area contributed by atoms with E-state index < -0.39 is 0 Å². The Morgan fingerprint density at radius 2 is 1.65 bits per heavy atom. The molecule has 0 aliphatic carbocycles. The van der Waals surface area contributed by atoms with E-state index in [2.05, 4.69) is 15.9 Å². The van der Waals surface area contributed by atoms with Gasteiger partial charge < -0.3 is 0 Å². The molecule has 0 N–H and O–H groups in total. The predicted octanol–water partition coefficient (Wildman–Crippen LogP) is 5.57. The summed E-state index contributed by atoms with van der Waals surface area (Å²) in [7, 11) is 0. The summed E-state index contributed by atoms with van der Waals surface area (Å²) in [4.78, 5) is 0. The van der Waals surface area contributed by atoms with Gasteiger partial charge in [-0.2, -0.15) is 0 Å². The summed E-state index contributed by atoms with van der Waals surface area (Å²) in [6, 6.07) is 11.8. The highest BCUT2D eigenvalue weighted by atomic mass is 79.9. The highest BCUT2D eigenvalue weighted by molar-refractivity contribution is 9.10. The number of halogens is 4. The lowest BCUT2D eigenvalue weighted by atomic mass is 10.0. The second-order valence-corrected chi connectivity index (χ2v) is 5.41. The molecule has 0 nitrogen and oxygen atoms in total. The quantitative estimate of drug-likeness (QED) is 0.630. The maximum absolute atomic E-state index is 13.3. The molecule has 2 rings (SSSR count). The maximum Gasteiger partial charge on any atom is 0.124 e. The molecule has 4 heteroatoms. The van der Waals surface area contributed by atoms with E-state index in [4.69, 9.17) is 23.2 Å². The molecule has 2 aromatic rings. The van der Waals surface area contributed by atoms with Crippen LogP contribution in [0.3, 0.4) is 0 Å². The third-order valence-corrected chi connectivity index (χ3v) is 3.55. The Bertz CT molecular complexity index is 505. The molecule has 0 saturated carbocycles. The van der Waals surface area contributed by atoms with Crippen LogP contribution in [0.1, 0.15) is 16.5 Å². The van der Waals surface area contributed by atoms with Gasteiger partial charge in [0.15, 0.2) is 0 Å². The van der Waals surface area contributed by atoms with E-state index in [0.29, 0.717) is 15.1 Å².